The molecule has 0 radical (unpaired) electrons. The highest BCUT2D eigenvalue weighted by Crippen LogP contribution is 2.02. The van der Waals surface area contributed by atoms with Gasteiger partial charge in [-0.25, -0.2) is 4.79 Å². The van der Waals surface area contributed by atoms with Crippen molar-refractivity contribution in [2.45, 2.75) is 45.4 Å². The number of hydrogen-bond donors (Lipinski definition) is 0. The second-order valence-corrected chi connectivity index (χ2v) is 3.48. The van der Waals surface area contributed by atoms with E-state index in [9.17, 15) is 4.79 Å². The first-order valence-electron chi connectivity index (χ1n) is 5.75. The lowest BCUT2D eigenvalue weighted by Crippen LogP contribution is -2.01. The summed E-state index contributed by atoms with van der Waals surface area (Å²) in [5, 5.41) is 0. The van der Waals surface area contributed by atoms with Crippen LogP contribution in [0.4, 0.5) is 0 Å². The molecule has 0 unspecified atom stereocenters. The average Bonchev–Trinajstić information content (AvgIpc) is 2.26. The Kier molecular flexibility index (Phi) is 10.3. The minimum absolute atomic E-state index is 0.321. The molecule has 0 heterocycles. The fraction of sp³-hybridized carbons (Fsp3) is 0.615. The van der Waals surface area contributed by atoms with Gasteiger partial charge >= 0.3 is 5.97 Å². The lowest BCUT2D eigenvalue weighted by molar-refractivity contribution is -0.137. The molecule has 0 rings (SSSR count). The zero-order valence-corrected chi connectivity index (χ0v) is 9.71. The van der Waals surface area contributed by atoms with Crippen molar-refractivity contribution in [2.24, 2.45) is 0 Å². The molecule has 2 nitrogen and oxygen atoms in total. The molecule has 0 aromatic rings. The molecule has 2 heteroatoms. The lowest BCUT2D eigenvalue weighted by atomic mass is 10.2. The van der Waals surface area contributed by atoms with Gasteiger partial charge in [-0.2, -0.15) is 0 Å². The minimum atomic E-state index is -0.321. The summed E-state index contributed by atoms with van der Waals surface area (Å²) < 4.78 is 4.86. The van der Waals surface area contributed by atoms with Gasteiger partial charge in [0.25, 0.3) is 0 Å². The first kappa shape index (κ1) is 13.9. The summed E-state index contributed by atoms with van der Waals surface area (Å²) in [6, 6.07) is 0. The van der Waals surface area contributed by atoms with Gasteiger partial charge in [-0.3, -0.25) is 0 Å². The van der Waals surface area contributed by atoms with E-state index in [0.717, 1.165) is 19.3 Å². The van der Waals surface area contributed by atoms with E-state index >= 15 is 0 Å². The molecule has 0 aromatic heterocycles. The Bertz CT molecular complexity index is 195. The number of carbonyl (C=O) groups excluding carboxylic acids is 1. The van der Waals surface area contributed by atoms with E-state index in [4.69, 9.17) is 4.74 Å². The Morgan fingerprint density at radius 1 is 1.20 bits per heavy atom. The third kappa shape index (κ3) is 10.9. The Morgan fingerprint density at radius 2 is 1.93 bits per heavy atom. The monoisotopic (exact) mass is 210 g/mol. The fourth-order valence-corrected chi connectivity index (χ4v) is 1.18. The van der Waals surface area contributed by atoms with Gasteiger partial charge in [0, 0.05) is 6.08 Å². The second kappa shape index (κ2) is 11.0. The highest BCUT2D eigenvalue weighted by molar-refractivity contribution is 5.81. The molecule has 0 amide bonds. The van der Waals surface area contributed by atoms with Crippen molar-refractivity contribution in [3.8, 4) is 0 Å². The van der Waals surface area contributed by atoms with Crippen molar-refractivity contribution in [1.29, 1.82) is 0 Å². The average molecular weight is 210 g/mol. The summed E-state index contributed by atoms with van der Waals surface area (Å²) in [6.45, 7) is 6.03. The van der Waals surface area contributed by atoms with Gasteiger partial charge in [-0.15, -0.1) is 0 Å². The molecule has 0 saturated heterocycles. The molecular weight excluding hydrogens is 188 g/mol. The van der Waals surface area contributed by atoms with Crippen LogP contribution in [0.15, 0.2) is 24.8 Å². The lowest BCUT2D eigenvalue weighted by Gasteiger charge is -2.00. The number of esters is 1. The number of carbonyl (C=O) groups is 1. The maximum Gasteiger partial charge on any atom is 0.330 e. The standard InChI is InChI=1S/C13H22O2/c1-3-5-6-7-8-9-10-11-12-15-13(14)4-2/h4,6-7H,2-3,5,8-12H2,1H3/b7-6+. The third-order valence-electron chi connectivity index (χ3n) is 2.05. The first-order valence-corrected chi connectivity index (χ1v) is 5.75. The van der Waals surface area contributed by atoms with Gasteiger partial charge in [-0.1, -0.05) is 32.1 Å². The van der Waals surface area contributed by atoms with Crippen molar-refractivity contribution in [3.63, 3.8) is 0 Å². The smallest absolute Gasteiger partial charge is 0.330 e. The van der Waals surface area contributed by atoms with Crippen LogP contribution in [0, 0.1) is 0 Å². The van der Waals surface area contributed by atoms with Crippen LogP contribution in [-0.2, 0) is 9.53 Å². The zero-order valence-electron chi connectivity index (χ0n) is 9.71. The van der Waals surface area contributed by atoms with E-state index in [1.165, 1.54) is 25.3 Å². The number of unbranched alkanes of at least 4 members (excludes halogenated alkanes) is 4. The van der Waals surface area contributed by atoms with Crippen LogP contribution in [0.5, 0.6) is 0 Å². The molecule has 86 valence electrons. The predicted molar refractivity (Wildman–Crippen MR) is 63.7 cm³/mol. The maximum atomic E-state index is 10.7. The number of hydrogen-bond acceptors (Lipinski definition) is 2. The summed E-state index contributed by atoms with van der Waals surface area (Å²) in [5.74, 6) is -0.321. The van der Waals surface area contributed by atoms with E-state index in [-0.39, 0.29) is 5.97 Å². The highest BCUT2D eigenvalue weighted by atomic mass is 16.5. The third-order valence-corrected chi connectivity index (χ3v) is 2.05. The van der Waals surface area contributed by atoms with Crippen LogP contribution in [0.3, 0.4) is 0 Å². The summed E-state index contributed by atoms with van der Waals surface area (Å²) in [5.41, 5.74) is 0. The Labute approximate surface area is 93.0 Å². The molecule has 0 aliphatic rings. The fourth-order valence-electron chi connectivity index (χ4n) is 1.18. The Balaban J connectivity index is 3.11. The summed E-state index contributed by atoms with van der Waals surface area (Å²) in [7, 11) is 0. The molecule has 0 N–H and O–H groups in total. The molecular formula is C13H22O2. The summed E-state index contributed by atoms with van der Waals surface area (Å²) >= 11 is 0. The molecule has 0 aromatic carbocycles. The van der Waals surface area contributed by atoms with E-state index < -0.39 is 0 Å². The Hall–Kier alpha value is -1.05. The van der Waals surface area contributed by atoms with Crippen molar-refractivity contribution in [3.05, 3.63) is 24.8 Å². The highest BCUT2D eigenvalue weighted by Gasteiger charge is 1.94. The molecule has 0 fully saturated rings. The van der Waals surface area contributed by atoms with Crippen LogP contribution < -0.4 is 0 Å². The topological polar surface area (TPSA) is 26.3 Å². The Morgan fingerprint density at radius 3 is 2.60 bits per heavy atom. The van der Waals surface area contributed by atoms with Crippen LogP contribution in [0.1, 0.15) is 45.4 Å². The SMILES string of the molecule is C=CC(=O)OCCCCC/C=C/CCC. The number of allylic oxidation sites excluding steroid dienone is 2. The van der Waals surface area contributed by atoms with E-state index in [1.54, 1.807) is 0 Å². The normalized spacial score (nSPS) is 10.5. The molecule has 15 heavy (non-hydrogen) atoms. The maximum absolute atomic E-state index is 10.7. The van der Waals surface area contributed by atoms with Gasteiger partial charge in [-0.05, 0) is 32.1 Å². The largest absolute Gasteiger partial charge is 0.463 e. The van der Waals surface area contributed by atoms with Crippen LogP contribution in [-0.4, -0.2) is 12.6 Å². The summed E-state index contributed by atoms with van der Waals surface area (Å²) in [6.07, 6.45) is 12.4. The van der Waals surface area contributed by atoms with Gasteiger partial charge < -0.3 is 4.74 Å². The molecule has 0 bridgehead atoms. The quantitative estimate of drug-likeness (QED) is 0.251. The van der Waals surface area contributed by atoms with Gasteiger partial charge in [0.1, 0.15) is 0 Å². The summed E-state index contributed by atoms with van der Waals surface area (Å²) in [4.78, 5) is 10.7. The first-order chi connectivity index (χ1) is 7.31. The van der Waals surface area contributed by atoms with Crippen LogP contribution in [0.25, 0.3) is 0 Å². The molecule has 0 atom stereocenters. The van der Waals surface area contributed by atoms with Crippen molar-refractivity contribution in [1.82, 2.24) is 0 Å². The van der Waals surface area contributed by atoms with E-state index in [0.29, 0.717) is 6.61 Å². The van der Waals surface area contributed by atoms with Crippen molar-refractivity contribution < 1.29 is 9.53 Å². The van der Waals surface area contributed by atoms with Gasteiger partial charge in [0.2, 0.25) is 0 Å². The number of ether oxygens (including phenoxy) is 1. The van der Waals surface area contributed by atoms with E-state index in [2.05, 4.69) is 25.7 Å². The molecule has 0 spiro atoms. The van der Waals surface area contributed by atoms with Crippen molar-refractivity contribution >= 4 is 5.97 Å². The zero-order chi connectivity index (χ0) is 11.4. The van der Waals surface area contributed by atoms with Crippen molar-refractivity contribution in [2.75, 3.05) is 6.61 Å². The predicted octanol–water partition coefficient (Wildman–Crippen LogP) is 3.63. The van der Waals surface area contributed by atoms with E-state index in [1.807, 2.05) is 0 Å². The molecule has 0 saturated carbocycles. The second-order valence-electron chi connectivity index (χ2n) is 3.48. The van der Waals surface area contributed by atoms with Crippen LogP contribution >= 0.6 is 0 Å². The molecule has 0 aliphatic carbocycles. The van der Waals surface area contributed by atoms with Crippen LogP contribution in [0.2, 0.25) is 0 Å². The van der Waals surface area contributed by atoms with Gasteiger partial charge in [0.15, 0.2) is 0 Å². The van der Waals surface area contributed by atoms with Gasteiger partial charge in [0.05, 0.1) is 6.61 Å². The minimum Gasteiger partial charge on any atom is -0.463 e. The molecule has 0 aliphatic heterocycles. The number of rotatable bonds is 9.